The van der Waals surface area contributed by atoms with Crippen LogP contribution in [0.15, 0.2) is 18.5 Å². The van der Waals surface area contributed by atoms with Crippen LogP contribution in [0.4, 0.5) is 0 Å². The van der Waals surface area contributed by atoms with Crippen LogP contribution < -0.4 is 5.32 Å². The molecular formula is C11H19N3O2. The largest absolute Gasteiger partial charge is 0.396 e. The van der Waals surface area contributed by atoms with E-state index in [1.807, 2.05) is 19.2 Å². The molecule has 5 nitrogen and oxygen atoms in total. The summed E-state index contributed by atoms with van der Waals surface area (Å²) in [5.74, 6) is 0.346. The van der Waals surface area contributed by atoms with Gasteiger partial charge in [0.25, 0.3) is 0 Å². The molecule has 0 radical (unpaired) electrons. The van der Waals surface area contributed by atoms with Crippen molar-refractivity contribution in [2.75, 3.05) is 13.2 Å². The molecule has 90 valence electrons. The summed E-state index contributed by atoms with van der Waals surface area (Å²) in [7, 11) is 0. The first-order valence-corrected chi connectivity index (χ1v) is 5.57. The molecule has 1 atom stereocenters. The van der Waals surface area contributed by atoms with Gasteiger partial charge in [0.05, 0.1) is 0 Å². The van der Waals surface area contributed by atoms with Crippen molar-refractivity contribution in [2.24, 2.45) is 5.92 Å². The number of aliphatic hydroxyl groups is 1. The summed E-state index contributed by atoms with van der Waals surface area (Å²) in [5.41, 5.74) is 0. The molecule has 1 aromatic heterocycles. The quantitative estimate of drug-likeness (QED) is 0.706. The molecule has 1 amide bonds. The minimum absolute atomic E-state index is 0.0280. The highest BCUT2D eigenvalue weighted by Gasteiger charge is 2.05. The van der Waals surface area contributed by atoms with Crippen molar-refractivity contribution in [3.05, 3.63) is 18.5 Å². The number of aliphatic hydroxyl groups excluding tert-OH is 1. The van der Waals surface area contributed by atoms with E-state index in [0.29, 0.717) is 25.4 Å². The van der Waals surface area contributed by atoms with E-state index >= 15 is 0 Å². The van der Waals surface area contributed by atoms with Crippen LogP contribution in [-0.2, 0) is 11.3 Å². The maximum absolute atomic E-state index is 11.4. The first kappa shape index (κ1) is 12.7. The van der Waals surface area contributed by atoms with Crippen LogP contribution in [0.2, 0.25) is 0 Å². The number of amides is 1. The average molecular weight is 225 g/mol. The van der Waals surface area contributed by atoms with Gasteiger partial charge in [0, 0.05) is 38.5 Å². The predicted octanol–water partition coefficient (Wildman–Crippen LogP) is 0.408. The number of carbonyl (C=O) groups is 1. The summed E-state index contributed by atoms with van der Waals surface area (Å²) < 4.78 is 1.73. The normalized spacial score (nSPS) is 12.4. The van der Waals surface area contributed by atoms with Gasteiger partial charge in [-0.25, -0.2) is 0 Å². The van der Waals surface area contributed by atoms with Crippen LogP contribution in [0.3, 0.4) is 0 Å². The van der Waals surface area contributed by atoms with Gasteiger partial charge in [-0.05, 0) is 18.4 Å². The van der Waals surface area contributed by atoms with Crippen molar-refractivity contribution in [2.45, 2.75) is 26.3 Å². The lowest BCUT2D eigenvalue weighted by atomic mass is 10.1. The van der Waals surface area contributed by atoms with Crippen molar-refractivity contribution < 1.29 is 9.90 Å². The second-order valence-electron chi connectivity index (χ2n) is 3.94. The number of rotatable bonds is 7. The molecule has 16 heavy (non-hydrogen) atoms. The van der Waals surface area contributed by atoms with Gasteiger partial charge in [0.1, 0.15) is 0 Å². The lowest BCUT2D eigenvalue weighted by Crippen LogP contribution is -2.29. The van der Waals surface area contributed by atoms with E-state index in [4.69, 9.17) is 5.11 Å². The van der Waals surface area contributed by atoms with Crippen molar-refractivity contribution in [1.82, 2.24) is 15.1 Å². The van der Waals surface area contributed by atoms with Crippen molar-refractivity contribution >= 4 is 5.91 Å². The topological polar surface area (TPSA) is 67.2 Å². The summed E-state index contributed by atoms with van der Waals surface area (Å²) in [4.78, 5) is 11.4. The Labute approximate surface area is 95.5 Å². The number of nitrogens with one attached hydrogen (secondary N) is 1. The molecule has 1 aromatic rings. The molecule has 0 aliphatic carbocycles. The summed E-state index contributed by atoms with van der Waals surface area (Å²) in [6, 6.07) is 1.83. The highest BCUT2D eigenvalue weighted by Crippen LogP contribution is 1.98. The minimum Gasteiger partial charge on any atom is -0.396 e. The van der Waals surface area contributed by atoms with Gasteiger partial charge >= 0.3 is 0 Å². The Hall–Kier alpha value is -1.36. The van der Waals surface area contributed by atoms with Gasteiger partial charge in [-0.2, -0.15) is 5.10 Å². The Morgan fingerprint density at radius 1 is 1.62 bits per heavy atom. The molecule has 0 aliphatic heterocycles. The molecule has 0 aliphatic rings. The van der Waals surface area contributed by atoms with Crippen LogP contribution in [-0.4, -0.2) is 33.9 Å². The molecule has 0 fully saturated rings. The monoisotopic (exact) mass is 225 g/mol. The number of carbonyl (C=O) groups excluding carboxylic acids is 1. The number of aromatic nitrogens is 2. The summed E-state index contributed by atoms with van der Waals surface area (Å²) in [6.45, 7) is 3.40. The zero-order valence-electron chi connectivity index (χ0n) is 9.59. The van der Waals surface area contributed by atoms with E-state index in [0.717, 1.165) is 6.42 Å². The molecule has 0 spiro atoms. The Morgan fingerprint density at radius 2 is 2.44 bits per heavy atom. The Bertz CT molecular complexity index is 298. The Kier molecular flexibility index (Phi) is 5.56. The molecule has 0 saturated heterocycles. The van der Waals surface area contributed by atoms with Gasteiger partial charge in [-0.3, -0.25) is 9.48 Å². The third-order valence-corrected chi connectivity index (χ3v) is 2.40. The zero-order valence-corrected chi connectivity index (χ0v) is 9.59. The van der Waals surface area contributed by atoms with E-state index in [1.54, 1.807) is 10.9 Å². The molecule has 1 rings (SSSR count). The predicted molar refractivity (Wildman–Crippen MR) is 60.7 cm³/mol. The van der Waals surface area contributed by atoms with Crippen LogP contribution >= 0.6 is 0 Å². The highest BCUT2D eigenvalue weighted by atomic mass is 16.3. The summed E-state index contributed by atoms with van der Waals surface area (Å²) in [6.07, 6.45) is 4.69. The number of hydrogen-bond acceptors (Lipinski definition) is 3. The smallest absolute Gasteiger partial charge is 0.221 e. The lowest BCUT2D eigenvalue weighted by Gasteiger charge is -2.10. The summed E-state index contributed by atoms with van der Waals surface area (Å²) in [5, 5.41) is 15.6. The number of nitrogens with zero attached hydrogens (tertiary/aromatic N) is 2. The molecule has 5 heteroatoms. The van der Waals surface area contributed by atoms with Gasteiger partial charge in [0.15, 0.2) is 0 Å². The van der Waals surface area contributed by atoms with E-state index in [9.17, 15) is 4.79 Å². The molecule has 1 heterocycles. The first-order valence-electron chi connectivity index (χ1n) is 5.57. The van der Waals surface area contributed by atoms with Crippen molar-refractivity contribution in [3.8, 4) is 0 Å². The zero-order chi connectivity index (χ0) is 11.8. The number of hydrogen-bond donors (Lipinski definition) is 2. The van der Waals surface area contributed by atoms with Crippen molar-refractivity contribution in [1.29, 1.82) is 0 Å². The van der Waals surface area contributed by atoms with E-state index in [2.05, 4.69) is 10.4 Å². The maximum Gasteiger partial charge on any atom is 0.221 e. The van der Waals surface area contributed by atoms with E-state index < -0.39 is 0 Å². The van der Waals surface area contributed by atoms with E-state index in [-0.39, 0.29) is 12.5 Å². The van der Waals surface area contributed by atoms with Crippen LogP contribution in [0.25, 0.3) is 0 Å². The van der Waals surface area contributed by atoms with Crippen LogP contribution in [0.1, 0.15) is 19.8 Å². The molecule has 0 aromatic carbocycles. The fourth-order valence-electron chi connectivity index (χ4n) is 1.35. The molecule has 0 saturated carbocycles. The van der Waals surface area contributed by atoms with Crippen LogP contribution in [0, 0.1) is 5.92 Å². The highest BCUT2D eigenvalue weighted by molar-refractivity contribution is 5.75. The second-order valence-corrected chi connectivity index (χ2v) is 3.94. The minimum atomic E-state index is 0.0280. The standard InChI is InChI=1S/C11H19N3O2/c1-10(4-8-15)9-12-11(16)3-7-14-6-2-5-13-14/h2,5-6,10,15H,3-4,7-9H2,1H3,(H,12,16). The van der Waals surface area contributed by atoms with Crippen LogP contribution in [0.5, 0.6) is 0 Å². The second kappa shape index (κ2) is 7.00. The fourth-order valence-corrected chi connectivity index (χ4v) is 1.35. The van der Waals surface area contributed by atoms with Gasteiger partial charge < -0.3 is 10.4 Å². The Morgan fingerprint density at radius 3 is 3.06 bits per heavy atom. The molecular weight excluding hydrogens is 206 g/mol. The molecule has 2 N–H and O–H groups in total. The maximum atomic E-state index is 11.4. The first-order chi connectivity index (χ1) is 7.72. The SMILES string of the molecule is CC(CCO)CNC(=O)CCn1cccn1. The molecule has 0 bridgehead atoms. The average Bonchev–Trinajstić information content (AvgIpc) is 2.77. The van der Waals surface area contributed by atoms with Gasteiger partial charge in [-0.1, -0.05) is 6.92 Å². The fraction of sp³-hybridized carbons (Fsp3) is 0.636. The Balaban J connectivity index is 2.11. The number of aryl methyl sites for hydroxylation is 1. The third-order valence-electron chi connectivity index (χ3n) is 2.40. The lowest BCUT2D eigenvalue weighted by molar-refractivity contribution is -0.121. The van der Waals surface area contributed by atoms with Crippen molar-refractivity contribution in [3.63, 3.8) is 0 Å². The van der Waals surface area contributed by atoms with Gasteiger partial charge in [0.2, 0.25) is 5.91 Å². The van der Waals surface area contributed by atoms with E-state index in [1.165, 1.54) is 0 Å². The third kappa shape index (κ3) is 4.93. The molecule has 1 unspecified atom stereocenters. The summed E-state index contributed by atoms with van der Waals surface area (Å²) >= 11 is 0. The van der Waals surface area contributed by atoms with Gasteiger partial charge in [-0.15, -0.1) is 0 Å².